The third kappa shape index (κ3) is 1.98. The number of aryl methyl sites for hydroxylation is 2. The van der Waals surface area contributed by atoms with Crippen LogP contribution in [0.2, 0.25) is 0 Å². The van der Waals surface area contributed by atoms with E-state index < -0.39 is 0 Å². The van der Waals surface area contributed by atoms with Gasteiger partial charge in [-0.25, -0.2) is 4.98 Å². The van der Waals surface area contributed by atoms with Crippen LogP contribution in [0.4, 0.5) is 0 Å². The van der Waals surface area contributed by atoms with Crippen molar-refractivity contribution < 1.29 is 4.42 Å². The Morgan fingerprint density at radius 1 is 1.38 bits per heavy atom. The lowest BCUT2D eigenvalue weighted by molar-refractivity contribution is 0.484. The molecule has 68 valence electrons. The van der Waals surface area contributed by atoms with Gasteiger partial charge in [0.2, 0.25) is 0 Å². The zero-order valence-electron chi connectivity index (χ0n) is 7.70. The summed E-state index contributed by atoms with van der Waals surface area (Å²) in [7, 11) is 0. The van der Waals surface area contributed by atoms with Gasteiger partial charge in [-0.05, 0) is 19.1 Å². The quantitative estimate of drug-likeness (QED) is 0.733. The van der Waals surface area contributed by atoms with Crippen LogP contribution in [0.25, 0.3) is 0 Å². The Labute approximate surface area is 81.2 Å². The van der Waals surface area contributed by atoms with Crippen molar-refractivity contribution in [3.63, 3.8) is 0 Å². The Morgan fingerprint density at radius 3 is 2.77 bits per heavy atom. The van der Waals surface area contributed by atoms with Gasteiger partial charge in [0.1, 0.15) is 5.76 Å². The number of hydrogen-bond donors (Lipinski definition) is 0. The van der Waals surface area contributed by atoms with E-state index in [9.17, 15) is 0 Å². The summed E-state index contributed by atoms with van der Waals surface area (Å²) in [6.07, 6.45) is 2.66. The minimum absolute atomic E-state index is 0.739. The summed E-state index contributed by atoms with van der Waals surface area (Å²) in [5.41, 5.74) is 0. The van der Waals surface area contributed by atoms with E-state index in [4.69, 9.17) is 4.42 Å². The fraction of sp³-hybridized carbons (Fsp3) is 0.300. The first-order chi connectivity index (χ1) is 6.24. The molecule has 13 heavy (non-hydrogen) atoms. The summed E-state index contributed by atoms with van der Waals surface area (Å²) in [6.45, 7) is 3.98. The van der Waals surface area contributed by atoms with E-state index in [1.165, 1.54) is 9.75 Å². The lowest BCUT2D eigenvalue weighted by Crippen LogP contribution is -1.78. The second kappa shape index (κ2) is 3.34. The largest absolute Gasteiger partial charge is 0.446 e. The highest BCUT2D eigenvalue weighted by Gasteiger charge is 2.03. The molecule has 3 heteroatoms. The van der Waals surface area contributed by atoms with Crippen molar-refractivity contribution in [3.8, 4) is 0 Å². The molecule has 2 heterocycles. The van der Waals surface area contributed by atoms with E-state index in [1.54, 1.807) is 17.5 Å². The Hall–Kier alpha value is -1.09. The van der Waals surface area contributed by atoms with E-state index in [-0.39, 0.29) is 0 Å². The molecule has 0 saturated heterocycles. The van der Waals surface area contributed by atoms with Crippen LogP contribution >= 0.6 is 11.3 Å². The van der Waals surface area contributed by atoms with Crippen molar-refractivity contribution in [1.29, 1.82) is 0 Å². The third-order valence-electron chi connectivity index (χ3n) is 1.81. The monoisotopic (exact) mass is 193 g/mol. The van der Waals surface area contributed by atoms with Crippen LogP contribution in [0.1, 0.15) is 21.4 Å². The van der Waals surface area contributed by atoms with Gasteiger partial charge in [0.25, 0.3) is 0 Å². The Morgan fingerprint density at radius 2 is 2.23 bits per heavy atom. The number of rotatable bonds is 2. The Kier molecular flexibility index (Phi) is 2.19. The van der Waals surface area contributed by atoms with E-state index in [0.717, 1.165) is 18.1 Å². The van der Waals surface area contributed by atoms with Crippen molar-refractivity contribution in [2.24, 2.45) is 0 Å². The highest BCUT2D eigenvalue weighted by Crippen LogP contribution is 2.19. The molecule has 0 aliphatic rings. The van der Waals surface area contributed by atoms with Crippen molar-refractivity contribution in [1.82, 2.24) is 4.98 Å². The van der Waals surface area contributed by atoms with Crippen LogP contribution in [-0.2, 0) is 6.42 Å². The van der Waals surface area contributed by atoms with Gasteiger partial charge in [0.15, 0.2) is 5.89 Å². The SMILES string of the molecule is Cc1ncc(Cc2ccc(C)s2)o1. The first kappa shape index (κ1) is 8.51. The molecule has 2 aromatic rings. The van der Waals surface area contributed by atoms with Crippen LogP contribution in [-0.4, -0.2) is 4.98 Å². The molecule has 0 spiro atoms. The van der Waals surface area contributed by atoms with E-state index in [0.29, 0.717) is 0 Å². The first-order valence-electron chi connectivity index (χ1n) is 4.20. The molecule has 2 aromatic heterocycles. The Balaban J connectivity index is 2.14. The van der Waals surface area contributed by atoms with Crippen LogP contribution in [0.15, 0.2) is 22.7 Å². The fourth-order valence-corrected chi connectivity index (χ4v) is 2.14. The summed E-state index contributed by atoms with van der Waals surface area (Å²) in [6, 6.07) is 4.26. The lowest BCUT2D eigenvalue weighted by Gasteiger charge is -1.90. The van der Waals surface area contributed by atoms with Crippen molar-refractivity contribution in [3.05, 3.63) is 39.7 Å². The van der Waals surface area contributed by atoms with Gasteiger partial charge >= 0.3 is 0 Å². The zero-order chi connectivity index (χ0) is 9.26. The Bertz CT molecular complexity index is 364. The fourth-order valence-electron chi connectivity index (χ4n) is 1.24. The molecule has 0 unspecified atom stereocenters. The topological polar surface area (TPSA) is 26.0 Å². The van der Waals surface area contributed by atoms with Crippen molar-refractivity contribution in [2.75, 3.05) is 0 Å². The van der Waals surface area contributed by atoms with Gasteiger partial charge in [-0.1, -0.05) is 0 Å². The molecule has 0 aliphatic heterocycles. The molecule has 0 aromatic carbocycles. The average Bonchev–Trinajstić information content (AvgIpc) is 2.62. The van der Waals surface area contributed by atoms with Gasteiger partial charge in [0, 0.05) is 23.1 Å². The van der Waals surface area contributed by atoms with Crippen molar-refractivity contribution in [2.45, 2.75) is 20.3 Å². The number of oxazole rings is 1. The zero-order valence-corrected chi connectivity index (χ0v) is 8.52. The number of thiophene rings is 1. The van der Waals surface area contributed by atoms with E-state index in [1.807, 2.05) is 6.92 Å². The molecular formula is C10H11NOS. The minimum atomic E-state index is 0.739. The highest BCUT2D eigenvalue weighted by atomic mass is 32.1. The maximum atomic E-state index is 5.39. The van der Waals surface area contributed by atoms with Crippen LogP contribution < -0.4 is 0 Å². The van der Waals surface area contributed by atoms with Crippen LogP contribution in [0.5, 0.6) is 0 Å². The van der Waals surface area contributed by atoms with Gasteiger partial charge in [-0.2, -0.15) is 0 Å². The van der Waals surface area contributed by atoms with Crippen LogP contribution in [0.3, 0.4) is 0 Å². The number of hydrogen-bond acceptors (Lipinski definition) is 3. The predicted molar refractivity (Wildman–Crippen MR) is 53.1 cm³/mol. The van der Waals surface area contributed by atoms with E-state index in [2.05, 4.69) is 24.0 Å². The molecule has 0 fully saturated rings. The molecule has 2 nitrogen and oxygen atoms in total. The summed E-state index contributed by atoms with van der Waals surface area (Å²) in [5.74, 6) is 1.68. The van der Waals surface area contributed by atoms with Crippen LogP contribution in [0, 0.1) is 13.8 Å². The maximum Gasteiger partial charge on any atom is 0.191 e. The predicted octanol–water partition coefficient (Wildman–Crippen LogP) is 2.94. The molecule has 0 aliphatic carbocycles. The number of aromatic nitrogens is 1. The van der Waals surface area contributed by atoms with Gasteiger partial charge < -0.3 is 4.42 Å². The molecule has 0 radical (unpaired) electrons. The second-order valence-corrected chi connectivity index (χ2v) is 4.41. The molecule has 0 amide bonds. The average molecular weight is 193 g/mol. The molecule has 0 saturated carbocycles. The molecule has 0 N–H and O–H groups in total. The van der Waals surface area contributed by atoms with Gasteiger partial charge in [-0.3, -0.25) is 0 Å². The molecule has 0 bridgehead atoms. The second-order valence-electron chi connectivity index (χ2n) is 3.03. The minimum Gasteiger partial charge on any atom is -0.446 e. The molecular weight excluding hydrogens is 182 g/mol. The maximum absolute atomic E-state index is 5.39. The summed E-state index contributed by atoms with van der Waals surface area (Å²) >= 11 is 1.80. The normalized spacial score (nSPS) is 10.6. The molecule has 2 rings (SSSR count). The smallest absolute Gasteiger partial charge is 0.191 e. The molecule has 0 atom stereocenters. The standard InChI is InChI=1S/C10H11NOS/c1-7-3-4-10(13-7)5-9-6-11-8(2)12-9/h3-4,6H,5H2,1-2H3. The third-order valence-corrected chi connectivity index (χ3v) is 2.81. The van der Waals surface area contributed by atoms with E-state index >= 15 is 0 Å². The highest BCUT2D eigenvalue weighted by molar-refractivity contribution is 7.11. The number of nitrogens with zero attached hydrogens (tertiary/aromatic N) is 1. The summed E-state index contributed by atoms with van der Waals surface area (Å²) in [4.78, 5) is 6.72. The van der Waals surface area contributed by atoms with Gasteiger partial charge in [0.05, 0.1) is 6.20 Å². The summed E-state index contributed by atoms with van der Waals surface area (Å²) < 4.78 is 5.39. The van der Waals surface area contributed by atoms with Gasteiger partial charge in [-0.15, -0.1) is 11.3 Å². The summed E-state index contributed by atoms with van der Waals surface area (Å²) in [5, 5.41) is 0. The first-order valence-corrected chi connectivity index (χ1v) is 5.02. The lowest BCUT2D eigenvalue weighted by atomic mass is 10.3. The van der Waals surface area contributed by atoms with Crippen molar-refractivity contribution >= 4 is 11.3 Å².